The van der Waals surface area contributed by atoms with Crippen molar-refractivity contribution >= 4 is 44.5 Å². The van der Waals surface area contributed by atoms with Gasteiger partial charge in [0.2, 0.25) is 5.91 Å². The molecular weight excluding hydrogens is 451 g/mol. The van der Waals surface area contributed by atoms with Crippen molar-refractivity contribution in [2.45, 2.75) is 6.54 Å². The Morgan fingerprint density at radius 3 is 2.32 bits per heavy atom. The van der Waals surface area contributed by atoms with E-state index in [1.807, 2.05) is 47.8 Å². The Balaban J connectivity index is 1.31. The van der Waals surface area contributed by atoms with Crippen LogP contribution in [0, 0.1) is 5.82 Å². The van der Waals surface area contributed by atoms with Gasteiger partial charge in [0.15, 0.2) is 0 Å². The van der Waals surface area contributed by atoms with E-state index in [-0.39, 0.29) is 23.8 Å². The summed E-state index contributed by atoms with van der Waals surface area (Å²) < 4.78 is 14.6. The van der Waals surface area contributed by atoms with Crippen molar-refractivity contribution in [3.05, 3.63) is 107 Å². The van der Waals surface area contributed by atoms with Gasteiger partial charge in [0.1, 0.15) is 17.2 Å². The van der Waals surface area contributed by atoms with E-state index in [1.165, 1.54) is 34.4 Å². The number of thiophene rings is 1. The average molecular weight is 471 g/mol. The van der Waals surface area contributed by atoms with Crippen LogP contribution in [0.4, 0.5) is 21.5 Å². The fourth-order valence-corrected chi connectivity index (χ4v) is 4.51. The van der Waals surface area contributed by atoms with E-state index in [4.69, 9.17) is 0 Å². The highest BCUT2D eigenvalue weighted by molar-refractivity contribution is 7.17. The molecule has 0 unspecified atom stereocenters. The van der Waals surface area contributed by atoms with Gasteiger partial charge in [-0.1, -0.05) is 30.3 Å². The molecular formula is C26H19FN4O2S. The molecule has 0 bridgehead atoms. The van der Waals surface area contributed by atoms with Crippen molar-refractivity contribution in [2.24, 2.45) is 0 Å². The summed E-state index contributed by atoms with van der Waals surface area (Å²) in [6, 6.07) is 23.0. The van der Waals surface area contributed by atoms with Gasteiger partial charge in [-0.25, -0.2) is 9.37 Å². The minimum atomic E-state index is -0.348. The van der Waals surface area contributed by atoms with Gasteiger partial charge < -0.3 is 10.6 Å². The van der Waals surface area contributed by atoms with Gasteiger partial charge in [-0.15, -0.1) is 11.3 Å². The lowest BCUT2D eigenvalue weighted by Crippen LogP contribution is -2.27. The van der Waals surface area contributed by atoms with E-state index in [0.29, 0.717) is 21.5 Å². The quantitative estimate of drug-likeness (QED) is 0.336. The third kappa shape index (κ3) is 4.57. The van der Waals surface area contributed by atoms with Crippen molar-refractivity contribution in [3.8, 4) is 11.1 Å². The molecule has 0 radical (unpaired) electrons. The van der Waals surface area contributed by atoms with Crippen LogP contribution < -0.4 is 16.2 Å². The number of carbonyl (C=O) groups is 1. The number of amides is 1. The van der Waals surface area contributed by atoms with Crippen molar-refractivity contribution < 1.29 is 9.18 Å². The minimum absolute atomic E-state index is 0.176. The first-order valence-electron chi connectivity index (χ1n) is 10.5. The van der Waals surface area contributed by atoms with Gasteiger partial charge in [-0.2, -0.15) is 0 Å². The molecule has 1 amide bonds. The van der Waals surface area contributed by atoms with Crippen molar-refractivity contribution in [2.75, 3.05) is 10.6 Å². The predicted molar refractivity (Wildman–Crippen MR) is 134 cm³/mol. The SMILES string of the molecule is O=C(Cn1cnc2scc(-c3ccc(F)cc3)c2c1=O)Nc1ccc(Nc2ccccc2)cc1. The third-order valence-corrected chi connectivity index (χ3v) is 6.15. The third-order valence-electron chi connectivity index (χ3n) is 5.26. The van der Waals surface area contributed by atoms with E-state index in [2.05, 4.69) is 15.6 Å². The maximum absolute atomic E-state index is 13.3. The lowest BCUT2D eigenvalue weighted by atomic mass is 10.1. The van der Waals surface area contributed by atoms with Crippen molar-refractivity contribution in [3.63, 3.8) is 0 Å². The van der Waals surface area contributed by atoms with E-state index in [0.717, 1.165) is 16.9 Å². The highest BCUT2D eigenvalue weighted by Gasteiger charge is 2.15. The number of para-hydroxylation sites is 1. The number of hydrogen-bond donors (Lipinski definition) is 2. The Kier molecular flexibility index (Phi) is 5.88. The normalized spacial score (nSPS) is 10.9. The topological polar surface area (TPSA) is 76.0 Å². The predicted octanol–water partition coefficient (Wildman–Crippen LogP) is 5.65. The molecule has 3 aromatic carbocycles. The van der Waals surface area contributed by atoms with Gasteiger partial charge in [-0.3, -0.25) is 14.2 Å². The standard InChI is InChI=1S/C26H19FN4O2S/c27-18-8-6-17(7-9-18)22-15-34-25-24(22)26(33)31(16-28-25)14-23(32)30-21-12-10-20(11-13-21)29-19-4-2-1-3-5-19/h1-13,15-16,29H,14H2,(H,30,32). The molecule has 0 atom stereocenters. The van der Waals surface area contributed by atoms with E-state index >= 15 is 0 Å². The van der Waals surface area contributed by atoms with E-state index in [9.17, 15) is 14.0 Å². The summed E-state index contributed by atoms with van der Waals surface area (Å²) in [5.41, 5.74) is 3.55. The van der Waals surface area contributed by atoms with Gasteiger partial charge in [-0.05, 0) is 54.1 Å². The summed E-state index contributed by atoms with van der Waals surface area (Å²) in [6.45, 7) is -0.176. The Morgan fingerprint density at radius 1 is 0.912 bits per heavy atom. The van der Waals surface area contributed by atoms with Crippen LogP contribution in [0.25, 0.3) is 21.3 Å². The molecule has 5 rings (SSSR count). The molecule has 34 heavy (non-hydrogen) atoms. The molecule has 0 aliphatic carbocycles. The average Bonchev–Trinajstić information content (AvgIpc) is 3.28. The smallest absolute Gasteiger partial charge is 0.263 e. The maximum atomic E-state index is 13.3. The van der Waals surface area contributed by atoms with Gasteiger partial charge >= 0.3 is 0 Å². The first-order valence-corrected chi connectivity index (χ1v) is 11.4. The molecule has 168 valence electrons. The summed E-state index contributed by atoms with van der Waals surface area (Å²) in [6.07, 6.45) is 1.38. The molecule has 2 aromatic heterocycles. The molecule has 0 aliphatic heterocycles. The summed E-state index contributed by atoms with van der Waals surface area (Å²) in [5, 5.41) is 8.33. The minimum Gasteiger partial charge on any atom is -0.356 e. The molecule has 0 saturated heterocycles. The zero-order chi connectivity index (χ0) is 23.5. The summed E-state index contributed by atoms with van der Waals surface area (Å²) in [4.78, 5) is 30.7. The van der Waals surface area contributed by atoms with Crippen LogP contribution in [0.15, 0.2) is 95.4 Å². The fraction of sp³-hybridized carbons (Fsp3) is 0.0385. The second kappa shape index (κ2) is 9.29. The molecule has 0 spiro atoms. The van der Waals surface area contributed by atoms with Crippen LogP contribution in [0.5, 0.6) is 0 Å². The number of anilines is 3. The molecule has 8 heteroatoms. The lowest BCUT2D eigenvalue weighted by Gasteiger charge is -2.10. The number of fused-ring (bicyclic) bond motifs is 1. The number of nitrogens with one attached hydrogen (secondary N) is 2. The van der Waals surface area contributed by atoms with Crippen molar-refractivity contribution in [1.82, 2.24) is 9.55 Å². The largest absolute Gasteiger partial charge is 0.356 e. The molecule has 6 nitrogen and oxygen atoms in total. The number of benzene rings is 3. The van der Waals surface area contributed by atoms with Crippen LogP contribution >= 0.6 is 11.3 Å². The van der Waals surface area contributed by atoms with Gasteiger partial charge in [0.25, 0.3) is 5.56 Å². The van der Waals surface area contributed by atoms with Crippen LogP contribution in [-0.2, 0) is 11.3 Å². The first kappa shape index (κ1) is 21.5. The zero-order valence-electron chi connectivity index (χ0n) is 17.9. The Bertz CT molecular complexity index is 1510. The first-order chi connectivity index (χ1) is 16.6. The highest BCUT2D eigenvalue weighted by Crippen LogP contribution is 2.30. The summed E-state index contributed by atoms with van der Waals surface area (Å²) >= 11 is 1.33. The molecule has 0 saturated carbocycles. The van der Waals surface area contributed by atoms with Crippen LogP contribution in [-0.4, -0.2) is 15.5 Å². The fourth-order valence-electron chi connectivity index (χ4n) is 3.60. The highest BCUT2D eigenvalue weighted by atomic mass is 32.1. The van der Waals surface area contributed by atoms with Crippen LogP contribution in [0.3, 0.4) is 0 Å². The second-order valence-electron chi connectivity index (χ2n) is 7.63. The second-order valence-corrected chi connectivity index (χ2v) is 8.49. The van der Waals surface area contributed by atoms with E-state index in [1.54, 1.807) is 24.3 Å². The molecule has 0 aliphatic rings. The number of aromatic nitrogens is 2. The molecule has 2 N–H and O–H groups in total. The lowest BCUT2D eigenvalue weighted by molar-refractivity contribution is -0.116. The number of carbonyl (C=O) groups excluding carboxylic acids is 1. The Morgan fingerprint density at radius 2 is 1.59 bits per heavy atom. The molecule has 0 fully saturated rings. The number of hydrogen-bond acceptors (Lipinski definition) is 5. The van der Waals surface area contributed by atoms with Crippen LogP contribution in [0.1, 0.15) is 0 Å². The summed E-state index contributed by atoms with van der Waals surface area (Å²) in [7, 11) is 0. The van der Waals surface area contributed by atoms with Crippen molar-refractivity contribution in [1.29, 1.82) is 0 Å². The number of rotatable bonds is 6. The number of halogens is 1. The van der Waals surface area contributed by atoms with Gasteiger partial charge in [0, 0.05) is 28.0 Å². The molecule has 5 aromatic rings. The molecule has 2 heterocycles. The van der Waals surface area contributed by atoms with Crippen LogP contribution in [0.2, 0.25) is 0 Å². The van der Waals surface area contributed by atoms with Gasteiger partial charge in [0.05, 0.1) is 11.7 Å². The monoisotopic (exact) mass is 470 g/mol. The Labute approximate surface area is 198 Å². The van der Waals surface area contributed by atoms with E-state index < -0.39 is 0 Å². The zero-order valence-corrected chi connectivity index (χ0v) is 18.7. The Hall–Kier alpha value is -4.30. The maximum Gasteiger partial charge on any atom is 0.263 e. The summed E-state index contributed by atoms with van der Waals surface area (Å²) in [5.74, 6) is -0.690. The number of nitrogens with zero attached hydrogens (tertiary/aromatic N) is 2.